The Kier molecular flexibility index (Phi) is 5.02. The zero-order valence-electron chi connectivity index (χ0n) is 12.8. The van der Waals surface area contributed by atoms with E-state index in [0.717, 1.165) is 5.56 Å². The van der Waals surface area contributed by atoms with Crippen molar-refractivity contribution < 1.29 is 17.9 Å². The third-order valence-electron chi connectivity index (χ3n) is 3.10. The standard InChI is InChI=1S/C16H18N2O4S/c1-11-5-3-7-14(9-11)22-12(2)16(19)18-13-6-4-8-15(10-13)23(17,20)21/h3-10,12H,1-2H3,(H,18,19)(H2,17,20,21). The first-order chi connectivity index (χ1) is 10.8. The van der Waals surface area contributed by atoms with Crippen LogP contribution in [-0.2, 0) is 14.8 Å². The van der Waals surface area contributed by atoms with Crippen LogP contribution in [0.25, 0.3) is 0 Å². The molecule has 0 aliphatic rings. The van der Waals surface area contributed by atoms with Crippen molar-refractivity contribution in [2.45, 2.75) is 24.8 Å². The maximum atomic E-state index is 12.1. The van der Waals surface area contributed by atoms with E-state index in [0.29, 0.717) is 11.4 Å². The molecule has 23 heavy (non-hydrogen) atoms. The number of rotatable bonds is 5. The lowest BCUT2D eigenvalue weighted by Gasteiger charge is -2.15. The van der Waals surface area contributed by atoms with Crippen molar-refractivity contribution in [2.24, 2.45) is 5.14 Å². The van der Waals surface area contributed by atoms with Crippen LogP contribution >= 0.6 is 0 Å². The van der Waals surface area contributed by atoms with Crippen LogP contribution in [0.2, 0.25) is 0 Å². The average molecular weight is 334 g/mol. The van der Waals surface area contributed by atoms with E-state index in [1.54, 1.807) is 19.1 Å². The fourth-order valence-electron chi connectivity index (χ4n) is 1.94. The van der Waals surface area contributed by atoms with E-state index < -0.39 is 22.0 Å². The Bertz CT molecular complexity index is 818. The molecule has 0 heterocycles. The maximum absolute atomic E-state index is 12.1. The zero-order chi connectivity index (χ0) is 17.0. The predicted molar refractivity (Wildman–Crippen MR) is 87.7 cm³/mol. The number of nitrogens with two attached hydrogens (primary N) is 1. The monoisotopic (exact) mass is 334 g/mol. The maximum Gasteiger partial charge on any atom is 0.265 e. The van der Waals surface area contributed by atoms with Crippen LogP contribution in [0.4, 0.5) is 5.69 Å². The zero-order valence-corrected chi connectivity index (χ0v) is 13.6. The second-order valence-electron chi connectivity index (χ2n) is 5.14. The fourth-order valence-corrected chi connectivity index (χ4v) is 2.50. The molecule has 2 aromatic rings. The minimum Gasteiger partial charge on any atom is -0.481 e. The lowest BCUT2D eigenvalue weighted by molar-refractivity contribution is -0.122. The molecule has 0 radical (unpaired) electrons. The third-order valence-corrected chi connectivity index (χ3v) is 4.01. The Morgan fingerprint density at radius 3 is 2.52 bits per heavy atom. The Morgan fingerprint density at radius 1 is 1.17 bits per heavy atom. The quantitative estimate of drug-likeness (QED) is 0.874. The Hall–Kier alpha value is -2.38. The number of anilines is 1. The topological polar surface area (TPSA) is 98.5 Å². The summed E-state index contributed by atoms with van der Waals surface area (Å²) >= 11 is 0. The van der Waals surface area contributed by atoms with Gasteiger partial charge in [-0.25, -0.2) is 13.6 Å². The number of benzene rings is 2. The van der Waals surface area contributed by atoms with Crippen molar-refractivity contribution in [3.63, 3.8) is 0 Å². The van der Waals surface area contributed by atoms with Crippen molar-refractivity contribution in [3.05, 3.63) is 54.1 Å². The van der Waals surface area contributed by atoms with Gasteiger partial charge in [-0.15, -0.1) is 0 Å². The van der Waals surface area contributed by atoms with E-state index in [4.69, 9.17) is 9.88 Å². The molecule has 6 nitrogen and oxygen atoms in total. The van der Waals surface area contributed by atoms with Crippen molar-refractivity contribution in [3.8, 4) is 5.75 Å². The van der Waals surface area contributed by atoms with Gasteiger partial charge in [0.2, 0.25) is 10.0 Å². The first kappa shape index (κ1) is 17.0. The van der Waals surface area contributed by atoms with Crippen molar-refractivity contribution in [1.29, 1.82) is 0 Å². The minimum atomic E-state index is -3.82. The van der Waals surface area contributed by atoms with Gasteiger partial charge in [0.1, 0.15) is 5.75 Å². The van der Waals surface area contributed by atoms with Gasteiger partial charge >= 0.3 is 0 Å². The lowest BCUT2D eigenvalue weighted by Crippen LogP contribution is -2.30. The molecule has 1 unspecified atom stereocenters. The second-order valence-corrected chi connectivity index (χ2v) is 6.70. The molecule has 3 N–H and O–H groups in total. The van der Waals surface area contributed by atoms with Crippen LogP contribution in [0.1, 0.15) is 12.5 Å². The van der Waals surface area contributed by atoms with Crippen molar-refractivity contribution in [1.82, 2.24) is 0 Å². The number of carbonyl (C=O) groups excluding carboxylic acids is 1. The number of primary sulfonamides is 1. The van der Waals surface area contributed by atoms with Crippen molar-refractivity contribution in [2.75, 3.05) is 5.32 Å². The van der Waals surface area contributed by atoms with E-state index in [1.165, 1.54) is 18.2 Å². The van der Waals surface area contributed by atoms with E-state index >= 15 is 0 Å². The van der Waals surface area contributed by atoms with Gasteiger partial charge < -0.3 is 10.1 Å². The summed E-state index contributed by atoms with van der Waals surface area (Å²) in [6.07, 6.45) is -0.741. The minimum absolute atomic E-state index is 0.0671. The number of ether oxygens (including phenoxy) is 1. The molecule has 1 atom stereocenters. The first-order valence-corrected chi connectivity index (χ1v) is 8.47. The molecule has 2 aromatic carbocycles. The van der Waals surface area contributed by atoms with Crippen LogP contribution < -0.4 is 15.2 Å². The summed E-state index contributed by atoms with van der Waals surface area (Å²) in [5.74, 6) is 0.198. The summed E-state index contributed by atoms with van der Waals surface area (Å²) in [6, 6.07) is 13.1. The molecular formula is C16H18N2O4S. The molecule has 0 aliphatic carbocycles. The number of nitrogens with one attached hydrogen (secondary N) is 1. The van der Waals surface area contributed by atoms with Gasteiger partial charge in [0, 0.05) is 5.69 Å². The number of sulfonamides is 1. The van der Waals surface area contributed by atoms with Gasteiger partial charge in [-0.1, -0.05) is 18.2 Å². The van der Waals surface area contributed by atoms with Crippen LogP contribution in [0.3, 0.4) is 0 Å². The number of aryl methyl sites for hydroxylation is 1. The van der Waals surface area contributed by atoms with E-state index in [-0.39, 0.29) is 4.90 Å². The molecule has 7 heteroatoms. The fraction of sp³-hybridized carbons (Fsp3) is 0.188. The highest BCUT2D eigenvalue weighted by Crippen LogP contribution is 2.17. The largest absolute Gasteiger partial charge is 0.481 e. The normalized spacial score (nSPS) is 12.5. The molecule has 0 aromatic heterocycles. The number of hydrogen-bond donors (Lipinski definition) is 2. The average Bonchev–Trinajstić information content (AvgIpc) is 2.46. The van der Waals surface area contributed by atoms with Gasteiger partial charge in [-0.05, 0) is 49.7 Å². The Labute approximate surface area is 135 Å². The van der Waals surface area contributed by atoms with Gasteiger partial charge in [0.05, 0.1) is 4.90 Å². The highest BCUT2D eigenvalue weighted by Gasteiger charge is 2.16. The number of carbonyl (C=O) groups is 1. The van der Waals surface area contributed by atoms with Gasteiger partial charge in [0.25, 0.3) is 5.91 Å². The number of amides is 1. The van der Waals surface area contributed by atoms with Gasteiger partial charge in [-0.3, -0.25) is 4.79 Å². The Balaban J connectivity index is 2.07. The van der Waals surface area contributed by atoms with Crippen LogP contribution in [0.15, 0.2) is 53.4 Å². The molecule has 2 rings (SSSR count). The molecular weight excluding hydrogens is 316 g/mol. The summed E-state index contributed by atoms with van der Waals surface area (Å²) in [5, 5.41) is 7.67. The van der Waals surface area contributed by atoms with Gasteiger partial charge in [0.15, 0.2) is 6.10 Å². The van der Waals surface area contributed by atoms with Crippen LogP contribution in [0, 0.1) is 6.92 Å². The number of hydrogen-bond acceptors (Lipinski definition) is 4. The smallest absolute Gasteiger partial charge is 0.265 e. The van der Waals surface area contributed by atoms with Gasteiger partial charge in [-0.2, -0.15) is 0 Å². The van der Waals surface area contributed by atoms with E-state index in [2.05, 4.69) is 5.32 Å². The van der Waals surface area contributed by atoms with Crippen molar-refractivity contribution >= 4 is 21.6 Å². The summed E-state index contributed by atoms with van der Waals surface area (Å²) in [4.78, 5) is 12.1. The first-order valence-electron chi connectivity index (χ1n) is 6.93. The highest BCUT2D eigenvalue weighted by atomic mass is 32.2. The van der Waals surface area contributed by atoms with E-state index in [9.17, 15) is 13.2 Å². The summed E-state index contributed by atoms with van der Waals surface area (Å²) < 4.78 is 28.2. The molecule has 1 amide bonds. The molecule has 0 saturated heterocycles. The SMILES string of the molecule is Cc1cccc(OC(C)C(=O)Nc2cccc(S(N)(=O)=O)c2)c1. The Morgan fingerprint density at radius 2 is 1.87 bits per heavy atom. The molecule has 122 valence electrons. The summed E-state index contributed by atoms with van der Waals surface area (Å²) in [5.41, 5.74) is 1.36. The van der Waals surface area contributed by atoms with Crippen LogP contribution in [0.5, 0.6) is 5.75 Å². The van der Waals surface area contributed by atoms with E-state index in [1.807, 2.05) is 25.1 Å². The lowest BCUT2D eigenvalue weighted by atomic mass is 10.2. The summed E-state index contributed by atoms with van der Waals surface area (Å²) in [6.45, 7) is 3.54. The highest BCUT2D eigenvalue weighted by molar-refractivity contribution is 7.89. The molecule has 0 fully saturated rings. The summed E-state index contributed by atoms with van der Waals surface area (Å²) in [7, 11) is -3.82. The molecule has 0 bridgehead atoms. The third kappa shape index (κ3) is 4.80. The molecule has 0 saturated carbocycles. The second kappa shape index (κ2) is 6.80. The predicted octanol–water partition coefficient (Wildman–Crippen LogP) is 2.05. The molecule has 0 aliphatic heterocycles. The van der Waals surface area contributed by atoms with Crippen LogP contribution in [-0.4, -0.2) is 20.4 Å². The molecule has 0 spiro atoms.